The molecule has 0 fully saturated rings. The molecule has 31 heavy (non-hydrogen) atoms. The molecule has 11 heteroatoms. The number of methoxy groups -OCH3 is 1. The summed E-state index contributed by atoms with van der Waals surface area (Å²) in [6, 6.07) is 8.78. The van der Waals surface area contributed by atoms with Gasteiger partial charge in [-0.2, -0.15) is 0 Å². The third-order valence-corrected chi connectivity index (χ3v) is 6.70. The van der Waals surface area contributed by atoms with Gasteiger partial charge in [-0.3, -0.25) is 4.79 Å². The number of nitrogens with zero attached hydrogens (tertiary/aromatic N) is 3. The van der Waals surface area contributed by atoms with E-state index in [9.17, 15) is 9.59 Å². The fourth-order valence-electron chi connectivity index (χ4n) is 2.54. The molecule has 1 aromatic carbocycles. The van der Waals surface area contributed by atoms with Crippen LogP contribution in [0.4, 0.5) is 5.00 Å². The number of aryl methyl sites for hydroxylation is 1. The van der Waals surface area contributed by atoms with E-state index < -0.39 is 5.97 Å². The Hall–Kier alpha value is -2.56. The summed E-state index contributed by atoms with van der Waals surface area (Å²) in [5.41, 5.74) is 0.364. The van der Waals surface area contributed by atoms with Crippen LogP contribution in [0.5, 0.6) is 5.75 Å². The Bertz CT molecular complexity index is 1070. The van der Waals surface area contributed by atoms with Crippen LogP contribution in [0.1, 0.15) is 28.0 Å². The van der Waals surface area contributed by atoms with Crippen molar-refractivity contribution in [3.8, 4) is 5.75 Å². The third-order valence-electron chi connectivity index (χ3n) is 4.23. The van der Waals surface area contributed by atoms with E-state index in [0.717, 1.165) is 11.3 Å². The summed E-state index contributed by atoms with van der Waals surface area (Å²) < 4.78 is 12.3. The molecule has 0 spiro atoms. The number of ether oxygens (including phenoxy) is 2. The molecule has 1 amide bonds. The van der Waals surface area contributed by atoms with Gasteiger partial charge < -0.3 is 19.4 Å². The van der Waals surface area contributed by atoms with E-state index in [0.29, 0.717) is 32.3 Å². The van der Waals surface area contributed by atoms with Crippen LogP contribution in [0.15, 0.2) is 35.5 Å². The molecule has 0 aliphatic rings. The first-order chi connectivity index (χ1) is 14.9. The Morgan fingerprint density at radius 3 is 2.68 bits per heavy atom. The summed E-state index contributed by atoms with van der Waals surface area (Å²) in [7, 11) is 3.12. The van der Waals surface area contributed by atoms with Crippen molar-refractivity contribution in [1.29, 1.82) is 0 Å². The molecular weight excluding hydrogens is 460 g/mol. The first kappa shape index (κ1) is 23.1. The lowest BCUT2D eigenvalue weighted by Gasteiger charge is -2.07. The number of anilines is 1. The number of thiophene rings is 1. The van der Waals surface area contributed by atoms with Crippen molar-refractivity contribution in [2.24, 2.45) is 7.05 Å². The summed E-state index contributed by atoms with van der Waals surface area (Å²) in [5, 5.41) is 12.7. The maximum absolute atomic E-state index is 12.4. The van der Waals surface area contributed by atoms with E-state index in [1.807, 2.05) is 14.0 Å². The molecule has 0 saturated carbocycles. The summed E-state index contributed by atoms with van der Waals surface area (Å²) in [6.45, 7) is 2.21. The molecule has 2 heterocycles. The maximum Gasteiger partial charge on any atom is 0.340 e. The highest BCUT2D eigenvalue weighted by Crippen LogP contribution is 2.29. The van der Waals surface area contributed by atoms with Gasteiger partial charge in [0.15, 0.2) is 11.0 Å². The zero-order valence-electron chi connectivity index (χ0n) is 17.2. The van der Waals surface area contributed by atoms with Crippen molar-refractivity contribution in [2.75, 3.05) is 18.2 Å². The second kappa shape index (κ2) is 10.7. The lowest BCUT2D eigenvalue weighted by atomic mass is 10.2. The molecule has 0 radical (unpaired) electrons. The number of esters is 1. The van der Waals surface area contributed by atoms with E-state index in [1.54, 1.807) is 34.9 Å². The Morgan fingerprint density at radius 2 is 2.00 bits per heavy atom. The van der Waals surface area contributed by atoms with Gasteiger partial charge in [-0.05, 0) is 36.8 Å². The van der Waals surface area contributed by atoms with Crippen LogP contribution in [0, 0.1) is 0 Å². The van der Waals surface area contributed by atoms with Crippen LogP contribution in [0.3, 0.4) is 0 Å². The third kappa shape index (κ3) is 5.99. The fraction of sp³-hybridized carbons (Fsp3) is 0.300. The molecule has 3 aromatic rings. The first-order valence-corrected chi connectivity index (χ1v) is 11.5. The van der Waals surface area contributed by atoms with E-state index in [2.05, 4.69) is 15.5 Å². The van der Waals surface area contributed by atoms with Crippen LogP contribution in [0.25, 0.3) is 0 Å². The van der Waals surface area contributed by atoms with Gasteiger partial charge in [0.2, 0.25) is 5.91 Å². The van der Waals surface area contributed by atoms with Crippen molar-refractivity contribution in [2.45, 2.75) is 25.1 Å². The SMILES string of the molecule is CCc1cc(C(=O)OC)c(NC(=O)CSc2nnc(COc3ccc(Cl)cc3)n2C)s1. The summed E-state index contributed by atoms with van der Waals surface area (Å²) >= 11 is 8.48. The highest BCUT2D eigenvalue weighted by Gasteiger charge is 2.19. The average Bonchev–Trinajstić information content (AvgIpc) is 3.34. The summed E-state index contributed by atoms with van der Waals surface area (Å²) in [5.74, 6) is 0.685. The number of nitrogens with one attached hydrogen (secondary N) is 1. The van der Waals surface area contributed by atoms with Gasteiger partial charge >= 0.3 is 5.97 Å². The normalized spacial score (nSPS) is 10.7. The fourth-order valence-corrected chi connectivity index (χ4v) is 4.40. The van der Waals surface area contributed by atoms with Crippen molar-refractivity contribution < 1.29 is 19.1 Å². The minimum atomic E-state index is -0.475. The van der Waals surface area contributed by atoms with Crippen LogP contribution < -0.4 is 10.1 Å². The number of hydrogen-bond donors (Lipinski definition) is 1. The van der Waals surface area contributed by atoms with E-state index in [4.69, 9.17) is 21.1 Å². The molecular formula is C20H21ClN4O4S2. The van der Waals surface area contributed by atoms with Gasteiger partial charge in [0, 0.05) is 16.9 Å². The van der Waals surface area contributed by atoms with Crippen LogP contribution in [-0.2, 0) is 29.6 Å². The Labute approximate surface area is 192 Å². The van der Waals surface area contributed by atoms with Gasteiger partial charge in [0.05, 0.1) is 18.4 Å². The topological polar surface area (TPSA) is 95.3 Å². The van der Waals surface area contributed by atoms with E-state index in [1.165, 1.54) is 30.2 Å². The molecule has 164 valence electrons. The van der Waals surface area contributed by atoms with Crippen LogP contribution in [-0.4, -0.2) is 39.5 Å². The highest BCUT2D eigenvalue weighted by atomic mass is 35.5. The van der Waals surface area contributed by atoms with Gasteiger partial charge in [0.1, 0.15) is 17.4 Å². The Kier molecular flexibility index (Phi) is 7.94. The summed E-state index contributed by atoms with van der Waals surface area (Å²) in [4.78, 5) is 25.4. The number of rotatable bonds is 9. The number of aromatic nitrogens is 3. The van der Waals surface area contributed by atoms with Gasteiger partial charge in [-0.1, -0.05) is 30.3 Å². The number of hydrogen-bond acceptors (Lipinski definition) is 8. The average molecular weight is 481 g/mol. The smallest absolute Gasteiger partial charge is 0.340 e. The zero-order chi connectivity index (χ0) is 22.4. The largest absolute Gasteiger partial charge is 0.486 e. The predicted octanol–water partition coefficient (Wildman–Crippen LogP) is 4.19. The van der Waals surface area contributed by atoms with Crippen molar-refractivity contribution >= 4 is 51.6 Å². The standard InChI is InChI=1S/C20H21ClN4O4S2/c1-4-14-9-15(19(27)28-3)18(31-14)22-17(26)11-30-20-24-23-16(25(20)2)10-29-13-7-5-12(21)6-8-13/h5-9H,4,10-11H2,1-3H3,(H,22,26). The molecule has 8 nitrogen and oxygen atoms in total. The van der Waals surface area contributed by atoms with E-state index >= 15 is 0 Å². The maximum atomic E-state index is 12.4. The first-order valence-electron chi connectivity index (χ1n) is 9.31. The minimum absolute atomic E-state index is 0.115. The van der Waals surface area contributed by atoms with Gasteiger partial charge in [0.25, 0.3) is 0 Å². The number of carbonyl (C=O) groups is 2. The second-order valence-corrected chi connectivity index (χ2v) is 8.85. The number of carbonyl (C=O) groups excluding carboxylic acids is 2. The number of benzene rings is 1. The van der Waals surface area contributed by atoms with Crippen molar-refractivity contribution in [3.63, 3.8) is 0 Å². The monoisotopic (exact) mass is 480 g/mol. The molecule has 3 rings (SSSR count). The molecule has 2 aromatic heterocycles. The zero-order valence-corrected chi connectivity index (χ0v) is 19.6. The minimum Gasteiger partial charge on any atom is -0.486 e. The quantitative estimate of drug-likeness (QED) is 0.362. The van der Waals surface area contributed by atoms with Gasteiger partial charge in [-0.25, -0.2) is 4.79 Å². The van der Waals surface area contributed by atoms with Crippen LogP contribution >= 0.6 is 34.7 Å². The Balaban J connectivity index is 1.57. The number of thioether (sulfide) groups is 1. The highest BCUT2D eigenvalue weighted by molar-refractivity contribution is 7.99. The lowest BCUT2D eigenvalue weighted by Crippen LogP contribution is -2.16. The molecule has 0 bridgehead atoms. The number of amides is 1. The molecule has 0 atom stereocenters. The predicted molar refractivity (Wildman–Crippen MR) is 121 cm³/mol. The van der Waals surface area contributed by atoms with Crippen molar-refractivity contribution in [3.05, 3.63) is 51.6 Å². The molecule has 0 unspecified atom stereocenters. The van der Waals surface area contributed by atoms with Gasteiger partial charge in [-0.15, -0.1) is 21.5 Å². The molecule has 0 aliphatic carbocycles. The molecule has 0 saturated heterocycles. The lowest BCUT2D eigenvalue weighted by molar-refractivity contribution is -0.113. The second-order valence-electron chi connectivity index (χ2n) is 6.34. The Morgan fingerprint density at radius 1 is 1.26 bits per heavy atom. The summed E-state index contributed by atoms with van der Waals surface area (Å²) in [6.07, 6.45) is 0.763. The molecule has 0 aliphatic heterocycles. The van der Waals surface area contributed by atoms with Crippen molar-refractivity contribution in [1.82, 2.24) is 14.8 Å². The van der Waals surface area contributed by atoms with E-state index in [-0.39, 0.29) is 18.3 Å². The van der Waals surface area contributed by atoms with Crippen LogP contribution in [0.2, 0.25) is 5.02 Å². The molecule has 1 N–H and O–H groups in total. The number of halogens is 1.